The maximum Gasteiger partial charge on any atom is 0.337 e. The number of aliphatic hydroxyl groups excluding tert-OH is 1. The molecule has 92 valence electrons. The molecule has 1 N–H and O–H groups in total. The van der Waals surface area contributed by atoms with E-state index >= 15 is 0 Å². The van der Waals surface area contributed by atoms with Gasteiger partial charge in [0.1, 0.15) is 12.4 Å². The van der Waals surface area contributed by atoms with E-state index in [4.69, 9.17) is 4.74 Å². The number of methoxy groups -OCH3 is 1. The molecule has 4 heteroatoms. The van der Waals surface area contributed by atoms with Crippen molar-refractivity contribution in [3.05, 3.63) is 41.5 Å². The Kier molecular flexibility index (Phi) is 4.72. The molecule has 0 spiro atoms. The van der Waals surface area contributed by atoms with E-state index in [1.807, 2.05) is 6.92 Å². The molecule has 0 atom stereocenters. The zero-order valence-electron chi connectivity index (χ0n) is 10.0. The molecule has 0 radical (unpaired) electrons. The van der Waals surface area contributed by atoms with Gasteiger partial charge in [0.2, 0.25) is 0 Å². The molecule has 0 aliphatic rings. The molecular weight excluding hydrogens is 220 g/mol. The fourth-order valence-electron chi connectivity index (χ4n) is 1.29. The number of hydrogen-bond acceptors (Lipinski definition) is 4. The number of hydrogen-bond donors (Lipinski definition) is 1. The van der Waals surface area contributed by atoms with Crippen LogP contribution in [0.3, 0.4) is 0 Å². The number of carbonyl (C=O) groups excluding carboxylic acids is 1. The van der Waals surface area contributed by atoms with Crippen molar-refractivity contribution < 1.29 is 19.4 Å². The Bertz CT molecular complexity index is 423. The fraction of sp³-hybridized carbons (Fsp3) is 0.308. The van der Waals surface area contributed by atoms with Gasteiger partial charge in [0, 0.05) is 5.56 Å². The third-order valence-electron chi connectivity index (χ3n) is 2.13. The van der Waals surface area contributed by atoms with Crippen LogP contribution in [-0.4, -0.2) is 24.8 Å². The summed E-state index contributed by atoms with van der Waals surface area (Å²) in [6, 6.07) is 4.79. The van der Waals surface area contributed by atoms with Crippen LogP contribution in [0.2, 0.25) is 0 Å². The van der Waals surface area contributed by atoms with Gasteiger partial charge in [0.25, 0.3) is 0 Å². The second-order valence-corrected chi connectivity index (χ2v) is 3.72. The largest absolute Gasteiger partial charge is 0.489 e. The second kappa shape index (κ2) is 6.06. The van der Waals surface area contributed by atoms with Gasteiger partial charge < -0.3 is 14.6 Å². The van der Waals surface area contributed by atoms with Crippen LogP contribution in [0.15, 0.2) is 30.4 Å². The molecule has 1 rings (SSSR count). The van der Waals surface area contributed by atoms with Gasteiger partial charge in [-0.2, -0.15) is 0 Å². The number of rotatable bonds is 5. The molecule has 1 aromatic rings. The van der Waals surface area contributed by atoms with Gasteiger partial charge in [-0.05, 0) is 30.7 Å². The van der Waals surface area contributed by atoms with Crippen LogP contribution in [0, 0.1) is 0 Å². The molecule has 0 heterocycles. The minimum Gasteiger partial charge on any atom is -0.489 e. The first-order chi connectivity index (χ1) is 8.08. The van der Waals surface area contributed by atoms with Crippen LogP contribution in [0.4, 0.5) is 0 Å². The van der Waals surface area contributed by atoms with Gasteiger partial charge in [0.15, 0.2) is 0 Å². The van der Waals surface area contributed by atoms with Gasteiger partial charge in [-0.1, -0.05) is 6.58 Å². The van der Waals surface area contributed by atoms with Crippen LogP contribution in [0.5, 0.6) is 5.75 Å². The minimum absolute atomic E-state index is 0.198. The smallest absolute Gasteiger partial charge is 0.337 e. The molecule has 0 aromatic heterocycles. The van der Waals surface area contributed by atoms with Gasteiger partial charge in [0.05, 0.1) is 19.3 Å². The van der Waals surface area contributed by atoms with Crippen molar-refractivity contribution >= 4 is 5.97 Å². The summed E-state index contributed by atoms with van der Waals surface area (Å²) in [5.74, 6) is 0.106. The molecule has 0 unspecified atom stereocenters. The minimum atomic E-state index is -0.439. The zero-order chi connectivity index (χ0) is 12.8. The summed E-state index contributed by atoms with van der Waals surface area (Å²) < 4.78 is 10.0. The second-order valence-electron chi connectivity index (χ2n) is 3.72. The number of aliphatic hydroxyl groups is 1. The molecule has 0 bridgehead atoms. The molecule has 0 saturated carbocycles. The maximum atomic E-state index is 11.3. The first-order valence-corrected chi connectivity index (χ1v) is 5.17. The van der Waals surface area contributed by atoms with Gasteiger partial charge in [-0.15, -0.1) is 0 Å². The lowest BCUT2D eigenvalue weighted by molar-refractivity contribution is 0.0600. The van der Waals surface area contributed by atoms with E-state index in [0.717, 1.165) is 5.57 Å². The Morgan fingerprint density at radius 1 is 1.47 bits per heavy atom. The van der Waals surface area contributed by atoms with Crippen LogP contribution in [-0.2, 0) is 11.3 Å². The Labute approximate surface area is 100 Å². The molecule has 17 heavy (non-hydrogen) atoms. The van der Waals surface area contributed by atoms with E-state index in [9.17, 15) is 9.90 Å². The van der Waals surface area contributed by atoms with Crippen molar-refractivity contribution in [2.24, 2.45) is 0 Å². The Morgan fingerprint density at radius 3 is 2.71 bits per heavy atom. The predicted molar refractivity (Wildman–Crippen MR) is 64.0 cm³/mol. The molecule has 0 saturated heterocycles. The molecule has 0 fully saturated rings. The van der Waals surface area contributed by atoms with E-state index < -0.39 is 5.97 Å². The first-order valence-electron chi connectivity index (χ1n) is 5.17. The van der Waals surface area contributed by atoms with E-state index in [1.165, 1.54) is 7.11 Å². The van der Waals surface area contributed by atoms with E-state index in [2.05, 4.69) is 11.3 Å². The summed E-state index contributed by atoms with van der Waals surface area (Å²) in [5.41, 5.74) is 1.82. The summed E-state index contributed by atoms with van der Waals surface area (Å²) in [5, 5.41) is 9.21. The highest BCUT2D eigenvalue weighted by atomic mass is 16.5. The van der Waals surface area contributed by atoms with Gasteiger partial charge in [-0.3, -0.25) is 0 Å². The topological polar surface area (TPSA) is 55.8 Å². The van der Waals surface area contributed by atoms with Crippen LogP contribution >= 0.6 is 0 Å². The predicted octanol–water partition coefficient (Wildman–Crippen LogP) is 1.92. The fourth-order valence-corrected chi connectivity index (χ4v) is 1.29. The average Bonchev–Trinajstić information content (AvgIpc) is 2.34. The molecule has 0 amide bonds. The van der Waals surface area contributed by atoms with Crippen molar-refractivity contribution in [1.29, 1.82) is 0 Å². The van der Waals surface area contributed by atoms with E-state index in [-0.39, 0.29) is 6.61 Å². The van der Waals surface area contributed by atoms with Crippen molar-refractivity contribution in [3.63, 3.8) is 0 Å². The normalized spacial score (nSPS) is 9.82. The third kappa shape index (κ3) is 3.60. The standard InChI is InChI=1S/C13H16O4/c1-9(2)8-17-12-5-4-10(13(15)16-3)6-11(12)7-14/h4-6,14H,1,7-8H2,2-3H3. The highest BCUT2D eigenvalue weighted by Gasteiger charge is 2.10. The summed E-state index contributed by atoms with van der Waals surface area (Å²) in [4.78, 5) is 11.3. The van der Waals surface area contributed by atoms with Crippen molar-refractivity contribution in [2.75, 3.05) is 13.7 Å². The van der Waals surface area contributed by atoms with E-state index in [1.54, 1.807) is 18.2 Å². The van der Waals surface area contributed by atoms with Crippen LogP contribution < -0.4 is 4.74 Å². The summed E-state index contributed by atoms with van der Waals surface area (Å²) in [6.45, 7) is 5.75. The summed E-state index contributed by atoms with van der Waals surface area (Å²) in [7, 11) is 1.31. The Morgan fingerprint density at radius 2 is 2.18 bits per heavy atom. The molecular formula is C13H16O4. The maximum absolute atomic E-state index is 11.3. The lowest BCUT2D eigenvalue weighted by Crippen LogP contribution is -2.05. The lowest BCUT2D eigenvalue weighted by Gasteiger charge is -2.11. The molecule has 4 nitrogen and oxygen atoms in total. The lowest BCUT2D eigenvalue weighted by atomic mass is 10.1. The van der Waals surface area contributed by atoms with Gasteiger partial charge >= 0.3 is 5.97 Å². The number of esters is 1. The highest BCUT2D eigenvalue weighted by Crippen LogP contribution is 2.21. The first kappa shape index (κ1) is 13.3. The molecule has 1 aromatic carbocycles. The number of ether oxygens (including phenoxy) is 2. The van der Waals surface area contributed by atoms with Crippen LogP contribution in [0.25, 0.3) is 0 Å². The van der Waals surface area contributed by atoms with E-state index in [0.29, 0.717) is 23.5 Å². The highest BCUT2D eigenvalue weighted by molar-refractivity contribution is 5.89. The van der Waals surface area contributed by atoms with Crippen molar-refractivity contribution in [3.8, 4) is 5.75 Å². The zero-order valence-corrected chi connectivity index (χ0v) is 10.0. The van der Waals surface area contributed by atoms with Crippen molar-refractivity contribution in [2.45, 2.75) is 13.5 Å². The van der Waals surface area contributed by atoms with Crippen LogP contribution in [0.1, 0.15) is 22.8 Å². The SMILES string of the molecule is C=C(C)COc1ccc(C(=O)OC)cc1CO. The Hall–Kier alpha value is -1.81. The third-order valence-corrected chi connectivity index (χ3v) is 2.13. The average molecular weight is 236 g/mol. The molecule has 0 aliphatic carbocycles. The Balaban J connectivity index is 2.93. The molecule has 0 aliphatic heterocycles. The monoisotopic (exact) mass is 236 g/mol. The summed E-state index contributed by atoms with van der Waals surface area (Å²) in [6.07, 6.45) is 0. The summed E-state index contributed by atoms with van der Waals surface area (Å²) >= 11 is 0. The quantitative estimate of drug-likeness (QED) is 0.627. The number of benzene rings is 1. The number of carbonyl (C=O) groups is 1. The van der Waals surface area contributed by atoms with Crippen molar-refractivity contribution in [1.82, 2.24) is 0 Å². The van der Waals surface area contributed by atoms with Gasteiger partial charge in [-0.25, -0.2) is 4.79 Å².